The molecule has 2 rings (SSSR count). The number of hydrogen-bond donors (Lipinski definition) is 1. The zero-order chi connectivity index (χ0) is 14.7. The average Bonchev–Trinajstić information content (AvgIpc) is 2.30. The molecule has 0 aliphatic rings. The van der Waals surface area contributed by atoms with Crippen molar-refractivity contribution >= 4 is 5.69 Å². The molecular formula is C16H21N3O. The molecule has 1 aromatic heterocycles. The maximum atomic E-state index is 12.1. The van der Waals surface area contributed by atoms with Crippen molar-refractivity contribution in [1.29, 1.82) is 0 Å². The van der Waals surface area contributed by atoms with Crippen LogP contribution in [0.4, 0.5) is 5.69 Å². The van der Waals surface area contributed by atoms with Crippen LogP contribution in [0, 0.1) is 13.8 Å². The van der Waals surface area contributed by atoms with Crippen molar-refractivity contribution in [2.75, 3.05) is 5.32 Å². The molecule has 1 heterocycles. The van der Waals surface area contributed by atoms with Crippen molar-refractivity contribution in [1.82, 2.24) is 9.78 Å². The minimum atomic E-state index is -0.0881. The van der Waals surface area contributed by atoms with Crippen LogP contribution in [0.25, 0.3) is 0 Å². The number of nitrogens with one attached hydrogen (secondary N) is 1. The van der Waals surface area contributed by atoms with Gasteiger partial charge in [-0.3, -0.25) is 4.79 Å². The zero-order valence-electron chi connectivity index (χ0n) is 12.5. The first kappa shape index (κ1) is 14.3. The molecule has 1 aromatic carbocycles. The van der Waals surface area contributed by atoms with E-state index in [0.29, 0.717) is 6.54 Å². The van der Waals surface area contributed by atoms with Crippen LogP contribution in [0.2, 0.25) is 0 Å². The highest BCUT2D eigenvalue weighted by Gasteiger charge is 2.03. The highest BCUT2D eigenvalue weighted by Crippen LogP contribution is 2.10. The largest absolute Gasteiger partial charge is 0.381 e. The summed E-state index contributed by atoms with van der Waals surface area (Å²) in [6, 6.07) is 8.17. The predicted octanol–water partition coefficient (Wildman–Crippen LogP) is 2.73. The number of anilines is 1. The van der Waals surface area contributed by atoms with Gasteiger partial charge in [-0.25, -0.2) is 4.68 Å². The van der Waals surface area contributed by atoms with Crippen LogP contribution in [-0.2, 0) is 6.54 Å². The Hall–Kier alpha value is -2.10. The molecule has 0 unspecified atom stereocenters. The van der Waals surface area contributed by atoms with Gasteiger partial charge in [0.25, 0.3) is 5.56 Å². The van der Waals surface area contributed by atoms with Gasteiger partial charge in [0, 0.05) is 12.1 Å². The monoisotopic (exact) mass is 271 g/mol. The van der Waals surface area contributed by atoms with Gasteiger partial charge in [-0.15, -0.1) is 0 Å². The van der Waals surface area contributed by atoms with E-state index < -0.39 is 0 Å². The quantitative estimate of drug-likeness (QED) is 0.930. The maximum Gasteiger partial charge on any atom is 0.269 e. The highest BCUT2D eigenvalue weighted by atomic mass is 16.1. The second-order valence-electron chi connectivity index (χ2n) is 5.54. The molecule has 1 N–H and O–H groups in total. The third kappa shape index (κ3) is 3.70. The molecule has 0 saturated carbocycles. The second-order valence-corrected chi connectivity index (χ2v) is 5.54. The normalized spacial score (nSPS) is 10.8. The van der Waals surface area contributed by atoms with Crippen LogP contribution < -0.4 is 10.9 Å². The predicted molar refractivity (Wildman–Crippen MR) is 82.3 cm³/mol. The van der Waals surface area contributed by atoms with Crippen molar-refractivity contribution in [3.63, 3.8) is 0 Å². The van der Waals surface area contributed by atoms with E-state index in [0.717, 1.165) is 11.3 Å². The molecule has 0 amide bonds. The summed E-state index contributed by atoms with van der Waals surface area (Å²) in [5, 5.41) is 7.41. The van der Waals surface area contributed by atoms with Gasteiger partial charge in [0.2, 0.25) is 0 Å². The van der Waals surface area contributed by atoms with Crippen molar-refractivity contribution < 1.29 is 0 Å². The molecule has 0 aliphatic heterocycles. The number of nitrogens with zero attached hydrogens (tertiary/aromatic N) is 2. The Balaban J connectivity index is 2.23. The Labute approximate surface area is 119 Å². The Morgan fingerprint density at radius 3 is 2.35 bits per heavy atom. The molecule has 0 radical (unpaired) electrons. The Kier molecular flexibility index (Phi) is 4.23. The SMILES string of the molecule is Cc1cc(C)cc(Cn2ncc(NC(C)C)cc2=O)c1. The van der Waals surface area contributed by atoms with Crippen molar-refractivity contribution in [3.8, 4) is 0 Å². The van der Waals surface area contributed by atoms with Gasteiger partial charge in [-0.2, -0.15) is 5.10 Å². The molecule has 0 fully saturated rings. The van der Waals surface area contributed by atoms with Crippen LogP contribution in [0.1, 0.15) is 30.5 Å². The fourth-order valence-corrected chi connectivity index (χ4v) is 2.30. The maximum absolute atomic E-state index is 12.1. The zero-order valence-corrected chi connectivity index (χ0v) is 12.5. The Morgan fingerprint density at radius 1 is 1.15 bits per heavy atom. The third-order valence-electron chi connectivity index (χ3n) is 2.94. The Bertz CT molecular complexity index is 639. The smallest absolute Gasteiger partial charge is 0.269 e. The number of hydrogen-bond acceptors (Lipinski definition) is 3. The average molecular weight is 271 g/mol. The minimum absolute atomic E-state index is 0.0881. The molecule has 2 aromatic rings. The van der Waals surface area contributed by atoms with E-state index in [4.69, 9.17) is 0 Å². The highest BCUT2D eigenvalue weighted by molar-refractivity contribution is 5.39. The van der Waals surface area contributed by atoms with Crippen LogP contribution in [0.15, 0.2) is 35.3 Å². The first-order valence-electron chi connectivity index (χ1n) is 6.85. The second kappa shape index (κ2) is 5.90. The van der Waals surface area contributed by atoms with Crippen molar-refractivity contribution in [2.45, 2.75) is 40.3 Å². The molecule has 106 valence electrons. The first-order valence-corrected chi connectivity index (χ1v) is 6.85. The number of rotatable bonds is 4. The molecular weight excluding hydrogens is 250 g/mol. The van der Waals surface area contributed by atoms with Gasteiger partial charge in [0.05, 0.1) is 18.4 Å². The lowest BCUT2D eigenvalue weighted by molar-refractivity contribution is 0.638. The summed E-state index contributed by atoms with van der Waals surface area (Å²) in [7, 11) is 0. The van der Waals surface area contributed by atoms with Gasteiger partial charge >= 0.3 is 0 Å². The van der Waals surface area contributed by atoms with Gasteiger partial charge in [-0.05, 0) is 33.3 Å². The van der Waals surface area contributed by atoms with E-state index in [9.17, 15) is 4.79 Å². The molecule has 0 bridgehead atoms. The molecule has 0 atom stereocenters. The fourth-order valence-electron chi connectivity index (χ4n) is 2.30. The fraction of sp³-hybridized carbons (Fsp3) is 0.375. The summed E-state index contributed by atoms with van der Waals surface area (Å²) in [6.07, 6.45) is 1.70. The standard InChI is InChI=1S/C16H21N3O/c1-11(2)18-15-8-16(20)19(17-9-15)10-14-6-12(3)5-13(4)7-14/h5-9,11,18H,10H2,1-4H3. The van der Waals surface area contributed by atoms with Gasteiger partial charge in [0.1, 0.15) is 0 Å². The van der Waals surface area contributed by atoms with E-state index in [-0.39, 0.29) is 11.6 Å². The van der Waals surface area contributed by atoms with E-state index >= 15 is 0 Å². The number of aryl methyl sites for hydroxylation is 2. The summed E-state index contributed by atoms with van der Waals surface area (Å²) in [5.74, 6) is 0. The lowest BCUT2D eigenvalue weighted by atomic mass is 10.1. The van der Waals surface area contributed by atoms with Gasteiger partial charge in [0.15, 0.2) is 0 Å². The van der Waals surface area contributed by atoms with Gasteiger partial charge < -0.3 is 5.32 Å². The van der Waals surface area contributed by atoms with E-state index in [2.05, 4.69) is 42.5 Å². The molecule has 0 spiro atoms. The first-order chi connectivity index (χ1) is 9.44. The third-order valence-corrected chi connectivity index (χ3v) is 2.94. The summed E-state index contributed by atoms with van der Waals surface area (Å²) >= 11 is 0. The molecule has 4 nitrogen and oxygen atoms in total. The van der Waals surface area contributed by atoms with E-state index in [1.165, 1.54) is 15.8 Å². The van der Waals surface area contributed by atoms with Gasteiger partial charge in [-0.1, -0.05) is 29.3 Å². The van der Waals surface area contributed by atoms with E-state index in [1.54, 1.807) is 12.3 Å². The minimum Gasteiger partial charge on any atom is -0.381 e. The van der Waals surface area contributed by atoms with Crippen LogP contribution in [0.5, 0.6) is 0 Å². The van der Waals surface area contributed by atoms with Crippen molar-refractivity contribution in [2.24, 2.45) is 0 Å². The molecule has 20 heavy (non-hydrogen) atoms. The summed E-state index contributed by atoms with van der Waals surface area (Å²) in [6.45, 7) is 8.68. The summed E-state index contributed by atoms with van der Waals surface area (Å²) in [5.41, 5.74) is 4.18. The molecule has 0 saturated heterocycles. The topological polar surface area (TPSA) is 46.9 Å². The summed E-state index contributed by atoms with van der Waals surface area (Å²) < 4.78 is 1.49. The van der Waals surface area contributed by atoms with Crippen molar-refractivity contribution in [3.05, 3.63) is 57.5 Å². The lowest BCUT2D eigenvalue weighted by Crippen LogP contribution is -2.24. The van der Waals surface area contributed by atoms with Crippen LogP contribution in [0.3, 0.4) is 0 Å². The van der Waals surface area contributed by atoms with Crippen LogP contribution >= 0.6 is 0 Å². The molecule has 0 aliphatic carbocycles. The summed E-state index contributed by atoms with van der Waals surface area (Å²) in [4.78, 5) is 12.1. The number of benzene rings is 1. The lowest BCUT2D eigenvalue weighted by Gasteiger charge is -2.11. The Morgan fingerprint density at radius 2 is 1.80 bits per heavy atom. The van der Waals surface area contributed by atoms with Crippen LogP contribution in [-0.4, -0.2) is 15.8 Å². The number of aromatic nitrogens is 2. The molecule has 4 heteroatoms. The van der Waals surface area contributed by atoms with E-state index in [1.807, 2.05) is 13.8 Å².